The van der Waals surface area contributed by atoms with Gasteiger partial charge in [0.15, 0.2) is 0 Å². The van der Waals surface area contributed by atoms with Gasteiger partial charge in [0.25, 0.3) is 11.2 Å². The SMILES string of the molecule is Cc1nc2ccc(Br)cc2c(=O)n1/C=C/c1cc([N+](=O)[O-])ccc1Cl. The van der Waals surface area contributed by atoms with Crippen LogP contribution in [0.25, 0.3) is 23.2 Å². The first-order valence-corrected chi connectivity index (χ1v) is 8.34. The fourth-order valence-corrected chi connectivity index (χ4v) is 2.93. The van der Waals surface area contributed by atoms with Crippen molar-refractivity contribution in [3.8, 4) is 0 Å². The number of non-ortho nitro benzene ring substituents is 1. The van der Waals surface area contributed by atoms with Crippen molar-refractivity contribution in [3.05, 3.63) is 77.7 Å². The quantitative estimate of drug-likeness (QED) is 0.456. The third-order valence-corrected chi connectivity index (χ3v) is 4.47. The summed E-state index contributed by atoms with van der Waals surface area (Å²) < 4.78 is 2.16. The molecule has 3 rings (SSSR count). The lowest BCUT2D eigenvalue weighted by atomic mass is 10.2. The highest BCUT2D eigenvalue weighted by Gasteiger charge is 2.09. The molecule has 0 N–H and O–H groups in total. The number of halogens is 2. The van der Waals surface area contributed by atoms with Crippen molar-refractivity contribution in [1.82, 2.24) is 9.55 Å². The van der Waals surface area contributed by atoms with Crippen LogP contribution in [0.1, 0.15) is 11.4 Å². The average molecular weight is 421 g/mol. The lowest BCUT2D eigenvalue weighted by Crippen LogP contribution is -2.19. The Morgan fingerprint density at radius 1 is 1.28 bits per heavy atom. The molecule has 0 aliphatic heterocycles. The Kier molecular flexibility index (Phi) is 4.69. The second-order valence-electron chi connectivity index (χ2n) is 5.27. The smallest absolute Gasteiger partial charge is 0.270 e. The Morgan fingerprint density at radius 3 is 2.76 bits per heavy atom. The van der Waals surface area contributed by atoms with Crippen LogP contribution < -0.4 is 5.56 Å². The predicted octanol–water partition coefficient (Wildman–Crippen LogP) is 4.66. The molecular weight excluding hydrogens is 410 g/mol. The number of benzene rings is 2. The zero-order valence-electron chi connectivity index (χ0n) is 12.9. The molecule has 3 aromatic rings. The molecule has 0 amide bonds. The zero-order chi connectivity index (χ0) is 18.1. The van der Waals surface area contributed by atoms with Crippen LogP contribution in [-0.4, -0.2) is 14.5 Å². The van der Waals surface area contributed by atoms with Gasteiger partial charge >= 0.3 is 0 Å². The predicted molar refractivity (Wildman–Crippen MR) is 102 cm³/mol. The van der Waals surface area contributed by atoms with Crippen LogP contribution in [0.5, 0.6) is 0 Å². The molecule has 0 saturated carbocycles. The molecule has 1 aromatic heterocycles. The van der Waals surface area contributed by atoms with Crippen LogP contribution >= 0.6 is 27.5 Å². The van der Waals surface area contributed by atoms with Gasteiger partial charge in [-0.3, -0.25) is 19.5 Å². The minimum Gasteiger partial charge on any atom is -0.271 e. The summed E-state index contributed by atoms with van der Waals surface area (Å²) in [4.78, 5) is 27.5. The molecular formula is C17H11BrClN3O3. The fraction of sp³-hybridized carbons (Fsp3) is 0.0588. The number of hydrogen-bond acceptors (Lipinski definition) is 4. The van der Waals surface area contributed by atoms with Crippen LogP contribution in [-0.2, 0) is 0 Å². The summed E-state index contributed by atoms with van der Waals surface area (Å²) in [6.07, 6.45) is 3.06. The van der Waals surface area contributed by atoms with Crippen molar-refractivity contribution in [2.24, 2.45) is 0 Å². The van der Waals surface area contributed by atoms with Crippen LogP contribution in [0.15, 0.2) is 45.7 Å². The number of rotatable bonds is 3. The van der Waals surface area contributed by atoms with Gasteiger partial charge in [-0.2, -0.15) is 0 Å². The summed E-state index contributed by atoms with van der Waals surface area (Å²) >= 11 is 9.42. The summed E-state index contributed by atoms with van der Waals surface area (Å²) in [5, 5.41) is 11.7. The van der Waals surface area contributed by atoms with E-state index in [-0.39, 0.29) is 11.2 Å². The molecule has 8 heteroatoms. The maximum Gasteiger partial charge on any atom is 0.270 e. The highest BCUT2D eigenvalue weighted by molar-refractivity contribution is 9.10. The van der Waals surface area contributed by atoms with Crippen molar-refractivity contribution in [3.63, 3.8) is 0 Å². The number of aryl methyl sites for hydroxylation is 1. The lowest BCUT2D eigenvalue weighted by Gasteiger charge is -2.07. The molecule has 0 radical (unpaired) electrons. The number of aromatic nitrogens is 2. The molecule has 0 bridgehead atoms. The Labute approximate surface area is 155 Å². The Hall–Kier alpha value is -2.51. The summed E-state index contributed by atoms with van der Waals surface area (Å²) in [5.74, 6) is 0.498. The topological polar surface area (TPSA) is 78.0 Å². The van der Waals surface area contributed by atoms with E-state index in [0.29, 0.717) is 27.3 Å². The second-order valence-corrected chi connectivity index (χ2v) is 6.60. The van der Waals surface area contributed by atoms with E-state index in [0.717, 1.165) is 4.47 Å². The largest absolute Gasteiger partial charge is 0.271 e. The number of nitro groups is 1. The van der Waals surface area contributed by atoms with E-state index < -0.39 is 4.92 Å². The van der Waals surface area contributed by atoms with E-state index in [4.69, 9.17) is 11.6 Å². The molecule has 0 fully saturated rings. The first-order valence-electron chi connectivity index (χ1n) is 7.17. The molecule has 2 aromatic carbocycles. The monoisotopic (exact) mass is 419 g/mol. The van der Waals surface area contributed by atoms with E-state index in [2.05, 4.69) is 20.9 Å². The highest BCUT2D eigenvalue weighted by Crippen LogP contribution is 2.23. The molecule has 0 aliphatic rings. The first-order chi connectivity index (χ1) is 11.9. The van der Waals surface area contributed by atoms with Crippen molar-refractivity contribution in [1.29, 1.82) is 0 Å². The normalized spacial score (nSPS) is 11.3. The number of nitrogens with zero attached hydrogens (tertiary/aromatic N) is 3. The molecule has 0 unspecified atom stereocenters. The van der Waals surface area contributed by atoms with Crippen molar-refractivity contribution in [2.45, 2.75) is 6.92 Å². The van der Waals surface area contributed by atoms with E-state index in [9.17, 15) is 14.9 Å². The summed E-state index contributed by atoms with van der Waals surface area (Å²) in [7, 11) is 0. The van der Waals surface area contributed by atoms with Crippen molar-refractivity contribution in [2.75, 3.05) is 0 Å². The molecule has 25 heavy (non-hydrogen) atoms. The molecule has 1 heterocycles. The van der Waals surface area contributed by atoms with Crippen LogP contribution in [0, 0.1) is 17.0 Å². The Bertz CT molecular complexity index is 1090. The van der Waals surface area contributed by atoms with Crippen molar-refractivity contribution >= 4 is 56.4 Å². The van der Waals surface area contributed by atoms with E-state index in [1.54, 1.807) is 25.1 Å². The van der Waals surface area contributed by atoms with Crippen LogP contribution in [0.3, 0.4) is 0 Å². The van der Waals surface area contributed by atoms with E-state index >= 15 is 0 Å². The third kappa shape index (κ3) is 3.47. The standard InChI is InChI=1S/C17H11BrClN3O3/c1-10-20-16-5-2-12(18)9-14(16)17(23)21(10)7-6-11-8-13(22(24)25)3-4-15(11)19/h2-9H,1H3/b7-6+. The van der Waals surface area contributed by atoms with Gasteiger partial charge in [-0.05, 0) is 37.3 Å². The summed E-state index contributed by atoms with van der Waals surface area (Å²) in [6, 6.07) is 9.41. The lowest BCUT2D eigenvalue weighted by molar-refractivity contribution is -0.384. The first kappa shape index (κ1) is 17.3. The second kappa shape index (κ2) is 6.78. The maximum absolute atomic E-state index is 12.7. The maximum atomic E-state index is 12.7. The minimum atomic E-state index is -0.500. The van der Waals surface area contributed by atoms with Gasteiger partial charge in [0.05, 0.1) is 15.8 Å². The van der Waals surface area contributed by atoms with Gasteiger partial charge < -0.3 is 0 Å². The van der Waals surface area contributed by atoms with Crippen LogP contribution in [0.4, 0.5) is 5.69 Å². The van der Waals surface area contributed by atoms with E-state index in [1.165, 1.54) is 29.0 Å². The van der Waals surface area contributed by atoms with Gasteiger partial charge in [-0.15, -0.1) is 0 Å². The van der Waals surface area contributed by atoms with Gasteiger partial charge in [0, 0.05) is 33.4 Å². The summed E-state index contributed by atoms with van der Waals surface area (Å²) in [5.41, 5.74) is 0.732. The Balaban J connectivity index is 2.12. The average Bonchev–Trinajstić information content (AvgIpc) is 2.56. The molecule has 6 nitrogen and oxygen atoms in total. The van der Waals surface area contributed by atoms with Gasteiger partial charge in [0.2, 0.25) is 0 Å². The van der Waals surface area contributed by atoms with Crippen molar-refractivity contribution < 1.29 is 4.92 Å². The minimum absolute atomic E-state index is 0.0753. The molecule has 0 aliphatic carbocycles. The zero-order valence-corrected chi connectivity index (χ0v) is 15.3. The number of nitro benzene ring substituents is 1. The number of hydrogen-bond donors (Lipinski definition) is 0. The Morgan fingerprint density at radius 2 is 2.04 bits per heavy atom. The van der Waals surface area contributed by atoms with Crippen LogP contribution in [0.2, 0.25) is 5.02 Å². The van der Waals surface area contributed by atoms with E-state index in [1.807, 2.05) is 6.07 Å². The molecule has 0 saturated heterocycles. The summed E-state index contributed by atoms with van der Waals surface area (Å²) in [6.45, 7) is 1.71. The molecule has 0 spiro atoms. The molecule has 126 valence electrons. The fourth-order valence-electron chi connectivity index (χ4n) is 2.38. The van der Waals surface area contributed by atoms with Gasteiger partial charge in [0.1, 0.15) is 5.82 Å². The third-order valence-electron chi connectivity index (χ3n) is 3.63. The highest BCUT2D eigenvalue weighted by atomic mass is 79.9. The van der Waals surface area contributed by atoms with Gasteiger partial charge in [-0.1, -0.05) is 27.5 Å². The number of fused-ring (bicyclic) bond motifs is 1. The van der Waals surface area contributed by atoms with Gasteiger partial charge in [-0.25, -0.2) is 4.98 Å². The molecule has 0 atom stereocenters.